The molecular weight excluding hydrogens is 237 g/mol. The lowest BCUT2D eigenvalue weighted by atomic mass is 9.82. The maximum atomic E-state index is 3.26. The minimum atomic E-state index is 0.440. The van der Waals surface area contributed by atoms with Crippen LogP contribution in [0.25, 0.3) is 0 Å². The van der Waals surface area contributed by atoms with Crippen molar-refractivity contribution in [3.05, 3.63) is 0 Å². The summed E-state index contributed by atoms with van der Waals surface area (Å²) < 4.78 is 3.26. The van der Waals surface area contributed by atoms with Crippen LogP contribution in [0.2, 0.25) is 0 Å². The molecule has 0 unspecified atom stereocenters. The topological polar surface area (TPSA) is 12.0 Å². The third kappa shape index (κ3) is 3.19. The molecule has 0 spiro atoms. The molecule has 0 saturated heterocycles. The van der Waals surface area contributed by atoms with Gasteiger partial charge in [-0.05, 0) is 18.8 Å². The van der Waals surface area contributed by atoms with Gasteiger partial charge in [-0.15, -0.1) is 0 Å². The number of nitrogens with one attached hydrogen (secondary N) is 1. The van der Waals surface area contributed by atoms with E-state index in [4.69, 9.17) is 0 Å². The van der Waals surface area contributed by atoms with Crippen molar-refractivity contribution in [2.75, 3.05) is 0 Å². The Kier molecular flexibility index (Phi) is 4.86. The fraction of sp³-hybridized carbons (Fsp3) is 1.00. The average molecular weight is 255 g/mol. The second kappa shape index (κ2) is 4.54. The summed E-state index contributed by atoms with van der Waals surface area (Å²) in [6.45, 7) is 9.10. The first-order valence-electron chi connectivity index (χ1n) is 3.90. The van der Waals surface area contributed by atoms with E-state index >= 15 is 0 Å². The fourth-order valence-corrected chi connectivity index (χ4v) is 1.85. The molecular formula is C8H18IN. The Hall–Kier alpha value is 0.690. The first kappa shape index (κ1) is 10.7. The molecule has 1 nitrogen and oxygen atoms in total. The first-order chi connectivity index (χ1) is 4.54. The monoisotopic (exact) mass is 255 g/mol. The summed E-state index contributed by atoms with van der Waals surface area (Å²) in [5.74, 6) is 0. The summed E-state index contributed by atoms with van der Waals surface area (Å²) in [4.78, 5) is 0. The lowest BCUT2D eigenvalue weighted by Gasteiger charge is -2.30. The summed E-state index contributed by atoms with van der Waals surface area (Å²) in [5, 5.41) is 0. The Balaban J connectivity index is 3.82. The Labute approximate surface area is 78.5 Å². The number of rotatable bonds is 4. The lowest BCUT2D eigenvalue weighted by molar-refractivity contribution is 0.267. The zero-order valence-corrected chi connectivity index (χ0v) is 9.53. The molecule has 1 N–H and O–H groups in total. The van der Waals surface area contributed by atoms with Crippen LogP contribution < -0.4 is 3.53 Å². The predicted octanol–water partition coefficient (Wildman–Crippen LogP) is 3.14. The molecule has 2 heteroatoms. The third-order valence-corrected chi connectivity index (χ3v) is 3.16. The zero-order chi connectivity index (χ0) is 8.20. The fourth-order valence-electron chi connectivity index (χ4n) is 1.01. The second-order valence-corrected chi connectivity index (χ2v) is 4.19. The van der Waals surface area contributed by atoms with Gasteiger partial charge in [-0.3, -0.25) is 3.53 Å². The summed E-state index contributed by atoms with van der Waals surface area (Å²) in [5.41, 5.74) is 0.440. The van der Waals surface area contributed by atoms with Gasteiger partial charge < -0.3 is 0 Å². The van der Waals surface area contributed by atoms with Crippen LogP contribution in [0.4, 0.5) is 0 Å². The molecule has 1 atom stereocenters. The average Bonchev–Trinajstić information content (AvgIpc) is 1.86. The van der Waals surface area contributed by atoms with E-state index in [1.54, 1.807) is 0 Å². The quantitative estimate of drug-likeness (QED) is 0.601. The van der Waals surface area contributed by atoms with Gasteiger partial charge in [0.1, 0.15) is 0 Å². The van der Waals surface area contributed by atoms with Crippen LogP contribution in [0.15, 0.2) is 0 Å². The van der Waals surface area contributed by atoms with Gasteiger partial charge in [0.25, 0.3) is 0 Å². The van der Waals surface area contributed by atoms with Gasteiger partial charge in [0.2, 0.25) is 0 Å². The number of hydrogen-bond donors (Lipinski definition) is 1. The number of halogens is 1. The van der Waals surface area contributed by atoms with Crippen LogP contribution in [0.1, 0.15) is 40.5 Å². The van der Waals surface area contributed by atoms with Gasteiger partial charge in [-0.2, -0.15) is 0 Å². The van der Waals surface area contributed by atoms with Crippen molar-refractivity contribution in [2.24, 2.45) is 5.41 Å². The van der Waals surface area contributed by atoms with Gasteiger partial charge >= 0.3 is 0 Å². The molecule has 10 heavy (non-hydrogen) atoms. The summed E-state index contributed by atoms with van der Waals surface area (Å²) in [6, 6.07) is 0.605. The second-order valence-electron chi connectivity index (χ2n) is 3.57. The van der Waals surface area contributed by atoms with Gasteiger partial charge in [0.15, 0.2) is 0 Å². The predicted molar refractivity (Wildman–Crippen MR) is 55.3 cm³/mol. The highest BCUT2D eigenvalue weighted by molar-refractivity contribution is 14.1. The minimum Gasteiger partial charge on any atom is -0.258 e. The van der Waals surface area contributed by atoms with Gasteiger partial charge in [-0.25, -0.2) is 0 Å². The van der Waals surface area contributed by atoms with Crippen LogP contribution in [-0.4, -0.2) is 6.04 Å². The molecule has 0 rings (SSSR count). The summed E-state index contributed by atoms with van der Waals surface area (Å²) in [6.07, 6.45) is 2.57. The van der Waals surface area contributed by atoms with E-state index in [0.717, 1.165) is 0 Å². The van der Waals surface area contributed by atoms with E-state index in [9.17, 15) is 0 Å². The molecule has 0 fully saturated rings. The molecule has 0 heterocycles. The largest absolute Gasteiger partial charge is 0.258 e. The van der Waals surface area contributed by atoms with E-state index in [1.165, 1.54) is 12.8 Å². The lowest BCUT2D eigenvalue weighted by Crippen LogP contribution is -2.34. The summed E-state index contributed by atoms with van der Waals surface area (Å²) >= 11 is 2.23. The molecule has 0 aliphatic heterocycles. The molecule has 0 aromatic heterocycles. The van der Waals surface area contributed by atoms with E-state index in [-0.39, 0.29) is 0 Å². The maximum Gasteiger partial charge on any atom is 0.0186 e. The SMILES string of the molecule is CCCC(C)(C)[C@H](C)NI. The third-order valence-electron chi connectivity index (χ3n) is 2.23. The highest BCUT2D eigenvalue weighted by Gasteiger charge is 2.23. The molecule has 0 saturated carbocycles. The zero-order valence-electron chi connectivity index (χ0n) is 7.37. The van der Waals surface area contributed by atoms with Crippen LogP contribution in [-0.2, 0) is 0 Å². The van der Waals surface area contributed by atoms with E-state index in [2.05, 4.69) is 54.1 Å². The van der Waals surface area contributed by atoms with E-state index < -0.39 is 0 Å². The van der Waals surface area contributed by atoms with Gasteiger partial charge in [0, 0.05) is 28.9 Å². The molecule has 0 amide bonds. The van der Waals surface area contributed by atoms with Gasteiger partial charge in [-0.1, -0.05) is 27.2 Å². The molecule has 0 aliphatic rings. The molecule has 0 radical (unpaired) electrons. The minimum absolute atomic E-state index is 0.440. The Bertz CT molecular complexity index is 91.3. The van der Waals surface area contributed by atoms with Crippen molar-refractivity contribution in [2.45, 2.75) is 46.6 Å². The molecule has 0 aromatic rings. The van der Waals surface area contributed by atoms with Crippen molar-refractivity contribution in [3.8, 4) is 0 Å². The van der Waals surface area contributed by atoms with Crippen LogP contribution in [0.3, 0.4) is 0 Å². The first-order valence-corrected chi connectivity index (χ1v) is 4.98. The van der Waals surface area contributed by atoms with Crippen LogP contribution in [0.5, 0.6) is 0 Å². The maximum absolute atomic E-state index is 3.26. The highest BCUT2D eigenvalue weighted by Crippen LogP contribution is 2.26. The van der Waals surface area contributed by atoms with E-state index in [1.807, 2.05) is 0 Å². The molecule has 0 aliphatic carbocycles. The Morgan fingerprint density at radius 3 is 2.30 bits per heavy atom. The summed E-state index contributed by atoms with van der Waals surface area (Å²) in [7, 11) is 0. The van der Waals surface area contributed by atoms with Crippen molar-refractivity contribution < 1.29 is 0 Å². The van der Waals surface area contributed by atoms with Gasteiger partial charge in [0.05, 0.1) is 0 Å². The molecule has 0 aromatic carbocycles. The Morgan fingerprint density at radius 1 is 1.50 bits per heavy atom. The highest BCUT2D eigenvalue weighted by atomic mass is 127. The van der Waals surface area contributed by atoms with Crippen molar-refractivity contribution >= 4 is 22.9 Å². The standard InChI is InChI=1S/C8H18IN/c1-5-6-8(3,4)7(2)10-9/h7,10H,5-6H2,1-4H3/t7-/m0/s1. The van der Waals surface area contributed by atoms with Crippen molar-refractivity contribution in [1.29, 1.82) is 0 Å². The van der Waals surface area contributed by atoms with Crippen molar-refractivity contribution in [1.82, 2.24) is 3.53 Å². The molecule has 0 bridgehead atoms. The molecule has 62 valence electrons. The van der Waals surface area contributed by atoms with Crippen molar-refractivity contribution in [3.63, 3.8) is 0 Å². The van der Waals surface area contributed by atoms with Crippen LogP contribution in [0, 0.1) is 5.41 Å². The van der Waals surface area contributed by atoms with E-state index in [0.29, 0.717) is 11.5 Å². The smallest absolute Gasteiger partial charge is 0.0186 e. The number of hydrogen-bond acceptors (Lipinski definition) is 1. The Morgan fingerprint density at radius 2 is 2.00 bits per heavy atom. The normalized spacial score (nSPS) is 15.3. The van der Waals surface area contributed by atoms with Crippen LogP contribution >= 0.6 is 22.9 Å².